The number of aromatic nitrogens is 1. The van der Waals surface area contributed by atoms with Crippen LogP contribution in [0.15, 0.2) is 30.3 Å². The van der Waals surface area contributed by atoms with E-state index in [0.29, 0.717) is 48.1 Å². The second-order valence-electron chi connectivity index (χ2n) is 6.91. The van der Waals surface area contributed by atoms with Gasteiger partial charge in [-0.05, 0) is 25.1 Å². The van der Waals surface area contributed by atoms with Crippen molar-refractivity contribution in [2.75, 3.05) is 38.2 Å². The third-order valence-corrected chi connectivity index (χ3v) is 6.81. The highest BCUT2D eigenvalue weighted by Crippen LogP contribution is 2.39. The number of fused-ring (bicyclic) bond motifs is 1. The topological polar surface area (TPSA) is 88.8 Å². The molecule has 1 amide bonds. The van der Waals surface area contributed by atoms with E-state index in [2.05, 4.69) is 4.90 Å². The number of carbonyl (C=O) groups is 1. The summed E-state index contributed by atoms with van der Waals surface area (Å²) in [5, 5.41) is 12.6. The molecular formula is C20H19ClN4O4S. The maximum atomic E-state index is 12.9. The van der Waals surface area contributed by atoms with Crippen molar-refractivity contribution in [3.8, 4) is 5.75 Å². The van der Waals surface area contributed by atoms with Crippen LogP contribution in [0.4, 0.5) is 10.8 Å². The van der Waals surface area contributed by atoms with Crippen LogP contribution in [-0.2, 0) is 0 Å². The predicted octanol–water partition coefficient (Wildman–Crippen LogP) is 4.14. The highest BCUT2D eigenvalue weighted by molar-refractivity contribution is 7.22. The summed E-state index contributed by atoms with van der Waals surface area (Å²) in [4.78, 5) is 32.2. The molecule has 4 rings (SSSR count). The zero-order valence-corrected chi connectivity index (χ0v) is 18.0. The Morgan fingerprint density at radius 1 is 1.23 bits per heavy atom. The third-order valence-electron chi connectivity index (χ3n) is 5.24. The Morgan fingerprint density at radius 3 is 2.63 bits per heavy atom. The number of hydrogen-bond acceptors (Lipinski definition) is 7. The number of rotatable bonds is 4. The van der Waals surface area contributed by atoms with Crippen molar-refractivity contribution in [3.63, 3.8) is 0 Å². The van der Waals surface area contributed by atoms with Gasteiger partial charge in [0.15, 0.2) is 5.13 Å². The summed E-state index contributed by atoms with van der Waals surface area (Å²) >= 11 is 7.81. The number of ether oxygens (including phenoxy) is 1. The Morgan fingerprint density at radius 2 is 1.97 bits per heavy atom. The van der Waals surface area contributed by atoms with Gasteiger partial charge in [-0.3, -0.25) is 14.9 Å². The van der Waals surface area contributed by atoms with Crippen LogP contribution in [0.3, 0.4) is 0 Å². The number of nitro groups is 1. The van der Waals surface area contributed by atoms with Crippen LogP contribution in [-0.4, -0.2) is 54.0 Å². The number of nitro benzene ring substituents is 1. The van der Waals surface area contributed by atoms with Crippen LogP contribution in [0.1, 0.15) is 15.9 Å². The number of piperazine rings is 1. The number of methoxy groups -OCH3 is 1. The van der Waals surface area contributed by atoms with E-state index in [1.807, 2.05) is 0 Å². The van der Waals surface area contributed by atoms with Gasteiger partial charge >= 0.3 is 0 Å². The van der Waals surface area contributed by atoms with Gasteiger partial charge in [0.25, 0.3) is 11.6 Å². The zero-order chi connectivity index (χ0) is 21.4. The molecule has 1 fully saturated rings. The Labute approximate surface area is 181 Å². The summed E-state index contributed by atoms with van der Waals surface area (Å²) < 4.78 is 6.26. The first kappa shape index (κ1) is 20.4. The van der Waals surface area contributed by atoms with Gasteiger partial charge in [-0.1, -0.05) is 29.0 Å². The Kier molecular flexibility index (Phi) is 5.48. The Balaban J connectivity index is 1.51. The summed E-state index contributed by atoms with van der Waals surface area (Å²) in [7, 11) is 1.60. The minimum absolute atomic E-state index is 0.0419. The SMILES string of the molecule is COc1ccc(Cl)c2sc(N3CCN(C(=O)c4cccc([N+](=O)[O-])c4C)CC3)nc12. The van der Waals surface area contributed by atoms with Crippen molar-refractivity contribution >= 4 is 49.9 Å². The number of amides is 1. The highest BCUT2D eigenvalue weighted by Gasteiger charge is 2.27. The fraction of sp³-hybridized carbons (Fsp3) is 0.300. The lowest BCUT2D eigenvalue weighted by Gasteiger charge is -2.34. The van der Waals surface area contributed by atoms with Crippen molar-refractivity contribution in [1.82, 2.24) is 9.88 Å². The van der Waals surface area contributed by atoms with E-state index in [1.54, 1.807) is 43.2 Å². The monoisotopic (exact) mass is 446 g/mol. The average Bonchev–Trinajstić information content (AvgIpc) is 3.20. The number of thiazole rings is 1. The minimum Gasteiger partial charge on any atom is -0.494 e. The van der Waals surface area contributed by atoms with Gasteiger partial charge in [0.05, 0.1) is 21.8 Å². The Bertz CT molecular complexity index is 1140. The van der Waals surface area contributed by atoms with Gasteiger partial charge in [0.2, 0.25) is 0 Å². The molecule has 0 bridgehead atoms. The summed E-state index contributed by atoms with van der Waals surface area (Å²) in [5.74, 6) is 0.483. The lowest BCUT2D eigenvalue weighted by atomic mass is 10.1. The van der Waals surface area contributed by atoms with E-state index in [-0.39, 0.29) is 11.6 Å². The van der Waals surface area contributed by atoms with Gasteiger partial charge in [-0.15, -0.1) is 0 Å². The van der Waals surface area contributed by atoms with Crippen LogP contribution in [0.5, 0.6) is 5.75 Å². The molecule has 0 atom stereocenters. The number of carbonyl (C=O) groups excluding carboxylic acids is 1. The number of halogens is 1. The summed E-state index contributed by atoms with van der Waals surface area (Å²) in [6.45, 7) is 3.84. The normalized spacial score (nSPS) is 14.2. The lowest BCUT2D eigenvalue weighted by molar-refractivity contribution is -0.385. The molecule has 0 spiro atoms. The molecule has 10 heteroatoms. The van der Waals surface area contributed by atoms with Crippen molar-refractivity contribution in [3.05, 3.63) is 56.6 Å². The average molecular weight is 447 g/mol. The van der Waals surface area contributed by atoms with Gasteiger partial charge < -0.3 is 14.5 Å². The minimum atomic E-state index is -0.462. The molecule has 156 valence electrons. The van der Waals surface area contributed by atoms with Crippen LogP contribution >= 0.6 is 22.9 Å². The van der Waals surface area contributed by atoms with E-state index in [0.717, 1.165) is 15.3 Å². The van der Waals surface area contributed by atoms with E-state index in [1.165, 1.54) is 17.4 Å². The lowest BCUT2D eigenvalue weighted by Crippen LogP contribution is -2.48. The van der Waals surface area contributed by atoms with Crippen LogP contribution in [0, 0.1) is 17.0 Å². The summed E-state index contributed by atoms with van der Waals surface area (Å²) in [5.41, 5.74) is 1.45. The highest BCUT2D eigenvalue weighted by atomic mass is 35.5. The predicted molar refractivity (Wildman–Crippen MR) is 117 cm³/mol. The maximum Gasteiger partial charge on any atom is 0.273 e. The van der Waals surface area contributed by atoms with Gasteiger partial charge in [0, 0.05) is 43.4 Å². The summed E-state index contributed by atoms with van der Waals surface area (Å²) in [6, 6.07) is 8.19. The first-order valence-electron chi connectivity index (χ1n) is 9.32. The van der Waals surface area contributed by atoms with E-state index in [4.69, 9.17) is 21.3 Å². The third kappa shape index (κ3) is 3.54. The number of benzene rings is 2. The van der Waals surface area contributed by atoms with E-state index in [9.17, 15) is 14.9 Å². The molecule has 2 aromatic carbocycles. The first-order valence-corrected chi connectivity index (χ1v) is 10.5. The fourth-order valence-corrected chi connectivity index (χ4v) is 4.87. The zero-order valence-electron chi connectivity index (χ0n) is 16.4. The Hall–Kier alpha value is -2.91. The molecule has 1 aliphatic heterocycles. The van der Waals surface area contributed by atoms with Crippen molar-refractivity contribution < 1.29 is 14.5 Å². The molecule has 0 aliphatic carbocycles. The molecule has 1 aliphatic rings. The molecule has 2 heterocycles. The number of anilines is 1. The first-order chi connectivity index (χ1) is 14.4. The molecule has 1 aromatic heterocycles. The van der Waals surface area contributed by atoms with Crippen molar-refractivity contribution in [2.24, 2.45) is 0 Å². The van der Waals surface area contributed by atoms with Crippen LogP contribution in [0.2, 0.25) is 5.02 Å². The van der Waals surface area contributed by atoms with Gasteiger partial charge in [-0.2, -0.15) is 0 Å². The van der Waals surface area contributed by atoms with Crippen LogP contribution in [0.25, 0.3) is 10.2 Å². The number of nitrogens with zero attached hydrogens (tertiary/aromatic N) is 4. The van der Waals surface area contributed by atoms with Gasteiger partial charge in [-0.25, -0.2) is 4.98 Å². The molecule has 30 heavy (non-hydrogen) atoms. The van der Waals surface area contributed by atoms with Crippen molar-refractivity contribution in [2.45, 2.75) is 6.92 Å². The molecular weight excluding hydrogens is 428 g/mol. The molecule has 1 saturated heterocycles. The van der Waals surface area contributed by atoms with Crippen LogP contribution < -0.4 is 9.64 Å². The molecule has 3 aromatic rings. The molecule has 0 unspecified atom stereocenters. The summed E-state index contributed by atoms with van der Waals surface area (Å²) in [6.07, 6.45) is 0. The number of hydrogen-bond donors (Lipinski definition) is 0. The van der Waals surface area contributed by atoms with Crippen molar-refractivity contribution in [1.29, 1.82) is 0 Å². The van der Waals surface area contributed by atoms with E-state index < -0.39 is 4.92 Å². The van der Waals surface area contributed by atoms with Gasteiger partial charge in [0.1, 0.15) is 11.3 Å². The molecule has 0 saturated carbocycles. The van der Waals surface area contributed by atoms with E-state index >= 15 is 0 Å². The maximum absolute atomic E-state index is 12.9. The molecule has 8 nitrogen and oxygen atoms in total. The smallest absolute Gasteiger partial charge is 0.273 e. The second-order valence-corrected chi connectivity index (χ2v) is 8.29. The standard InChI is InChI=1S/C20H19ClN4O4S/c1-12-13(4-3-5-15(12)25(27)28)19(26)23-8-10-24(11-9-23)20-22-17-16(29-2)7-6-14(21)18(17)30-20/h3-7H,8-11H2,1-2H3. The largest absolute Gasteiger partial charge is 0.494 e. The quantitative estimate of drug-likeness (QED) is 0.442. The second kappa shape index (κ2) is 8.08. The fourth-order valence-electron chi connectivity index (χ4n) is 3.57. The molecule has 0 radical (unpaired) electrons. The molecule has 0 N–H and O–H groups in total.